The van der Waals surface area contributed by atoms with Crippen molar-refractivity contribution in [2.24, 2.45) is 12.0 Å². The summed E-state index contributed by atoms with van der Waals surface area (Å²) in [6.45, 7) is 9.49. The molecule has 0 saturated heterocycles. The van der Waals surface area contributed by atoms with Crippen LogP contribution in [0.4, 0.5) is 0 Å². The minimum Gasteiger partial charge on any atom is -0.350 e. The number of rotatable bonds is 6. The van der Waals surface area contributed by atoms with Crippen LogP contribution in [0.2, 0.25) is 0 Å². The van der Waals surface area contributed by atoms with Gasteiger partial charge in [-0.2, -0.15) is 0 Å². The third kappa shape index (κ3) is 5.44. The monoisotopic (exact) mass is 390 g/mol. The van der Waals surface area contributed by atoms with Crippen molar-refractivity contribution < 1.29 is 0 Å². The van der Waals surface area contributed by atoms with Crippen molar-refractivity contribution in [1.82, 2.24) is 25.4 Å². The Kier molecular flexibility index (Phi) is 6.65. The van der Waals surface area contributed by atoms with Gasteiger partial charge in [0.15, 0.2) is 11.8 Å². The summed E-state index contributed by atoms with van der Waals surface area (Å²) in [7, 11) is 1.97. The molecule has 1 atom stereocenters. The quantitative estimate of drug-likeness (QED) is 0.497. The Morgan fingerprint density at radius 2 is 1.83 bits per heavy atom. The van der Waals surface area contributed by atoms with Crippen LogP contribution >= 0.6 is 0 Å². The lowest BCUT2D eigenvalue weighted by atomic mass is 10.1. The summed E-state index contributed by atoms with van der Waals surface area (Å²) in [5.74, 6) is 2.51. The summed E-state index contributed by atoms with van der Waals surface area (Å²) < 4.78 is 1.98. The summed E-state index contributed by atoms with van der Waals surface area (Å²) in [4.78, 5) is 4.84. The maximum Gasteiger partial charge on any atom is 0.192 e. The SMILES string of the molecule is Cc1ccc(CN=C(NCc2nnc(C)n2C)NC(C)c2ccccc2)c(C)c1. The second kappa shape index (κ2) is 9.37. The maximum atomic E-state index is 4.84. The van der Waals surface area contributed by atoms with E-state index in [4.69, 9.17) is 4.99 Å². The molecule has 0 aliphatic rings. The van der Waals surface area contributed by atoms with Gasteiger partial charge < -0.3 is 15.2 Å². The predicted molar refractivity (Wildman–Crippen MR) is 118 cm³/mol. The molecule has 0 fully saturated rings. The lowest BCUT2D eigenvalue weighted by molar-refractivity contribution is 0.664. The molecule has 6 nitrogen and oxygen atoms in total. The maximum absolute atomic E-state index is 4.84. The van der Waals surface area contributed by atoms with Gasteiger partial charge in [0.05, 0.1) is 19.1 Å². The van der Waals surface area contributed by atoms with E-state index in [1.165, 1.54) is 22.3 Å². The van der Waals surface area contributed by atoms with Crippen molar-refractivity contribution >= 4 is 5.96 Å². The van der Waals surface area contributed by atoms with Gasteiger partial charge in [-0.25, -0.2) is 4.99 Å². The van der Waals surface area contributed by atoms with Crippen molar-refractivity contribution in [2.45, 2.75) is 46.8 Å². The first-order valence-corrected chi connectivity index (χ1v) is 9.95. The van der Waals surface area contributed by atoms with Crippen LogP contribution in [-0.4, -0.2) is 20.7 Å². The van der Waals surface area contributed by atoms with Gasteiger partial charge in [0.1, 0.15) is 5.82 Å². The molecule has 0 bridgehead atoms. The highest BCUT2D eigenvalue weighted by molar-refractivity contribution is 5.80. The Morgan fingerprint density at radius 1 is 1.07 bits per heavy atom. The number of hydrogen-bond donors (Lipinski definition) is 2. The van der Waals surface area contributed by atoms with E-state index in [0.717, 1.165) is 17.6 Å². The molecule has 0 amide bonds. The van der Waals surface area contributed by atoms with Gasteiger partial charge >= 0.3 is 0 Å². The summed E-state index contributed by atoms with van der Waals surface area (Å²) in [5, 5.41) is 15.3. The smallest absolute Gasteiger partial charge is 0.192 e. The summed E-state index contributed by atoms with van der Waals surface area (Å²) in [5.41, 5.74) is 4.96. The van der Waals surface area contributed by atoms with Gasteiger partial charge in [-0.3, -0.25) is 0 Å². The van der Waals surface area contributed by atoms with Gasteiger partial charge in [0.2, 0.25) is 0 Å². The van der Waals surface area contributed by atoms with Crippen molar-refractivity contribution in [1.29, 1.82) is 0 Å². The van der Waals surface area contributed by atoms with Crippen LogP contribution in [0, 0.1) is 20.8 Å². The zero-order chi connectivity index (χ0) is 20.8. The highest BCUT2D eigenvalue weighted by Gasteiger charge is 2.10. The van der Waals surface area contributed by atoms with Gasteiger partial charge in [-0.1, -0.05) is 54.1 Å². The van der Waals surface area contributed by atoms with E-state index in [-0.39, 0.29) is 6.04 Å². The van der Waals surface area contributed by atoms with E-state index in [1.54, 1.807) is 0 Å². The van der Waals surface area contributed by atoms with Crippen LogP contribution in [0.25, 0.3) is 0 Å². The lowest BCUT2D eigenvalue weighted by Gasteiger charge is -2.19. The first-order valence-electron chi connectivity index (χ1n) is 9.95. The fourth-order valence-electron chi connectivity index (χ4n) is 3.14. The normalized spacial score (nSPS) is 12.7. The zero-order valence-electron chi connectivity index (χ0n) is 17.9. The third-order valence-electron chi connectivity index (χ3n) is 5.16. The van der Waals surface area contributed by atoms with Crippen molar-refractivity contribution in [2.75, 3.05) is 0 Å². The topological polar surface area (TPSA) is 67.1 Å². The molecule has 2 N–H and O–H groups in total. The number of guanidine groups is 1. The second-order valence-corrected chi connectivity index (χ2v) is 7.45. The molecule has 6 heteroatoms. The molecule has 3 aromatic rings. The first kappa shape index (κ1) is 20.6. The molecule has 0 aliphatic carbocycles. The lowest BCUT2D eigenvalue weighted by Crippen LogP contribution is -2.39. The molecule has 0 aliphatic heterocycles. The van der Waals surface area contributed by atoms with E-state index in [0.29, 0.717) is 13.1 Å². The molecule has 29 heavy (non-hydrogen) atoms. The summed E-state index contributed by atoms with van der Waals surface area (Å²) in [6.07, 6.45) is 0. The Hall–Kier alpha value is -3.15. The Morgan fingerprint density at radius 3 is 2.48 bits per heavy atom. The fourth-order valence-corrected chi connectivity index (χ4v) is 3.14. The van der Waals surface area contributed by atoms with Crippen LogP contribution < -0.4 is 10.6 Å². The minimum absolute atomic E-state index is 0.128. The van der Waals surface area contributed by atoms with E-state index in [2.05, 4.69) is 84.1 Å². The number of nitrogens with one attached hydrogen (secondary N) is 2. The zero-order valence-corrected chi connectivity index (χ0v) is 17.9. The summed E-state index contributed by atoms with van der Waals surface area (Å²) >= 11 is 0. The van der Waals surface area contributed by atoms with Gasteiger partial charge in [0, 0.05) is 7.05 Å². The molecule has 1 unspecified atom stereocenters. The molecule has 1 heterocycles. The van der Waals surface area contributed by atoms with Crippen LogP contribution in [-0.2, 0) is 20.1 Å². The highest BCUT2D eigenvalue weighted by atomic mass is 15.3. The fraction of sp³-hybridized carbons (Fsp3) is 0.348. The Bertz CT molecular complexity index is 974. The molecule has 0 saturated carbocycles. The first-order chi connectivity index (χ1) is 13.9. The number of benzene rings is 2. The van der Waals surface area contributed by atoms with Gasteiger partial charge in [-0.15, -0.1) is 10.2 Å². The van der Waals surface area contributed by atoms with Crippen molar-refractivity contribution in [3.05, 3.63) is 82.4 Å². The highest BCUT2D eigenvalue weighted by Crippen LogP contribution is 2.13. The van der Waals surface area contributed by atoms with Crippen LogP contribution in [0.1, 0.15) is 46.9 Å². The van der Waals surface area contributed by atoms with E-state index >= 15 is 0 Å². The molecular weight excluding hydrogens is 360 g/mol. The standard InChI is InChI=1S/C23H30N6/c1-16-11-12-21(17(2)13-16)14-24-23(25-15-22-28-27-19(4)29(22)5)26-18(3)20-9-7-6-8-10-20/h6-13,18H,14-15H2,1-5H3,(H2,24,25,26). The average molecular weight is 391 g/mol. The summed E-state index contributed by atoms with van der Waals surface area (Å²) in [6, 6.07) is 17.0. The molecule has 152 valence electrons. The molecule has 0 radical (unpaired) electrons. The number of nitrogens with zero attached hydrogens (tertiary/aromatic N) is 4. The van der Waals surface area contributed by atoms with E-state index < -0.39 is 0 Å². The van der Waals surface area contributed by atoms with E-state index in [1.807, 2.05) is 24.6 Å². The number of aromatic nitrogens is 3. The number of aliphatic imine (C=N–C) groups is 1. The average Bonchev–Trinajstić information content (AvgIpc) is 3.03. The third-order valence-corrected chi connectivity index (χ3v) is 5.16. The molecular formula is C23H30N6. The largest absolute Gasteiger partial charge is 0.350 e. The minimum atomic E-state index is 0.128. The van der Waals surface area contributed by atoms with Crippen LogP contribution in [0.15, 0.2) is 53.5 Å². The second-order valence-electron chi connectivity index (χ2n) is 7.45. The predicted octanol–water partition coefficient (Wildman–Crippen LogP) is 3.74. The Labute approximate surface area is 173 Å². The number of hydrogen-bond acceptors (Lipinski definition) is 3. The van der Waals surface area contributed by atoms with Crippen LogP contribution in [0.3, 0.4) is 0 Å². The Balaban J connectivity index is 1.76. The van der Waals surface area contributed by atoms with Crippen LogP contribution in [0.5, 0.6) is 0 Å². The molecule has 1 aromatic heterocycles. The van der Waals surface area contributed by atoms with E-state index in [9.17, 15) is 0 Å². The van der Waals surface area contributed by atoms with Gasteiger partial charge in [-0.05, 0) is 44.4 Å². The number of aryl methyl sites for hydroxylation is 3. The van der Waals surface area contributed by atoms with Crippen molar-refractivity contribution in [3.8, 4) is 0 Å². The molecule has 2 aromatic carbocycles. The molecule has 0 spiro atoms. The van der Waals surface area contributed by atoms with Gasteiger partial charge in [0.25, 0.3) is 0 Å². The molecule has 3 rings (SSSR count). The van der Waals surface area contributed by atoms with Crippen molar-refractivity contribution in [3.63, 3.8) is 0 Å².